The van der Waals surface area contributed by atoms with Crippen molar-refractivity contribution in [2.45, 2.75) is 58.2 Å². The summed E-state index contributed by atoms with van der Waals surface area (Å²) in [5.74, 6) is -0.780. The van der Waals surface area contributed by atoms with Crippen LogP contribution in [0.3, 0.4) is 0 Å². The Labute approximate surface area is 113 Å². The van der Waals surface area contributed by atoms with Crippen LogP contribution in [0.4, 0.5) is 4.79 Å². The minimum absolute atomic E-state index is 0.0880. The second-order valence-corrected chi connectivity index (χ2v) is 5.38. The predicted molar refractivity (Wildman–Crippen MR) is 71.0 cm³/mol. The van der Waals surface area contributed by atoms with Gasteiger partial charge >= 0.3 is 12.0 Å². The maximum atomic E-state index is 11.7. The van der Waals surface area contributed by atoms with Gasteiger partial charge in [0.15, 0.2) is 0 Å². The highest BCUT2D eigenvalue weighted by atomic mass is 16.5. The van der Waals surface area contributed by atoms with E-state index in [2.05, 4.69) is 10.6 Å². The van der Waals surface area contributed by atoms with E-state index >= 15 is 0 Å². The van der Waals surface area contributed by atoms with E-state index in [-0.39, 0.29) is 18.1 Å². The Morgan fingerprint density at radius 1 is 1.37 bits per heavy atom. The number of amides is 2. The zero-order chi connectivity index (χ0) is 14.4. The molecular weight excluding hydrogens is 248 g/mol. The van der Waals surface area contributed by atoms with Gasteiger partial charge in [0, 0.05) is 12.6 Å². The van der Waals surface area contributed by atoms with Crippen molar-refractivity contribution >= 4 is 12.0 Å². The fraction of sp³-hybridized carbons (Fsp3) is 0.846. The molecule has 0 aromatic heterocycles. The molecule has 110 valence electrons. The summed E-state index contributed by atoms with van der Waals surface area (Å²) < 4.78 is 5.40. The Balaban J connectivity index is 2.28. The molecule has 1 fully saturated rings. The molecule has 0 saturated heterocycles. The predicted octanol–water partition coefficient (Wildman–Crippen LogP) is 1.35. The molecule has 6 nitrogen and oxygen atoms in total. The van der Waals surface area contributed by atoms with Crippen molar-refractivity contribution in [3.63, 3.8) is 0 Å². The van der Waals surface area contributed by atoms with Gasteiger partial charge in [-0.3, -0.25) is 0 Å². The minimum atomic E-state index is -0.996. The van der Waals surface area contributed by atoms with Crippen LogP contribution in [0.2, 0.25) is 0 Å². The van der Waals surface area contributed by atoms with Crippen molar-refractivity contribution in [3.05, 3.63) is 0 Å². The smallest absolute Gasteiger partial charge is 0.326 e. The zero-order valence-electron chi connectivity index (χ0n) is 11.8. The third kappa shape index (κ3) is 5.46. The van der Waals surface area contributed by atoms with Crippen LogP contribution in [-0.4, -0.2) is 41.9 Å². The average molecular weight is 272 g/mol. The first kappa shape index (κ1) is 15.8. The van der Waals surface area contributed by atoms with Gasteiger partial charge in [-0.1, -0.05) is 13.8 Å². The molecule has 1 aliphatic carbocycles. The molecule has 6 heteroatoms. The molecule has 0 heterocycles. The van der Waals surface area contributed by atoms with Gasteiger partial charge in [-0.25, -0.2) is 9.59 Å². The monoisotopic (exact) mass is 272 g/mol. The van der Waals surface area contributed by atoms with E-state index in [9.17, 15) is 9.59 Å². The van der Waals surface area contributed by atoms with Gasteiger partial charge in [0.25, 0.3) is 0 Å². The van der Waals surface area contributed by atoms with Crippen LogP contribution in [0.15, 0.2) is 0 Å². The molecule has 0 radical (unpaired) electrons. The fourth-order valence-electron chi connectivity index (χ4n) is 2.13. The van der Waals surface area contributed by atoms with Crippen molar-refractivity contribution in [3.8, 4) is 0 Å². The van der Waals surface area contributed by atoms with Crippen LogP contribution < -0.4 is 10.6 Å². The maximum Gasteiger partial charge on any atom is 0.326 e. The highest BCUT2D eigenvalue weighted by Gasteiger charge is 2.31. The van der Waals surface area contributed by atoms with Gasteiger partial charge in [-0.15, -0.1) is 0 Å². The van der Waals surface area contributed by atoms with E-state index in [0.29, 0.717) is 13.0 Å². The normalized spacial score (nSPS) is 23.6. The second-order valence-electron chi connectivity index (χ2n) is 5.38. The van der Waals surface area contributed by atoms with E-state index in [4.69, 9.17) is 9.84 Å². The number of carboxylic acids is 1. The molecule has 1 saturated carbocycles. The number of carbonyl (C=O) groups excluding carboxylic acids is 1. The summed E-state index contributed by atoms with van der Waals surface area (Å²) in [5, 5.41) is 14.3. The Kier molecular flexibility index (Phi) is 6.08. The van der Waals surface area contributed by atoms with Gasteiger partial charge in [0.2, 0.25) is 0 Å². The van der Waals surface area contributed by atoms with Crippen LogP contribution in [0, 0.1) is 5.92 Å². The van der Waals surface area contributed by atoms with Gasteiger partial charge in [0.05, 0.1) is 6.10 Å². The molecule has 1 rings (SSSR count). The lowest BCUT2D eigenvalue weighted by Gasteiger charge is -2.35. The lowest BCUT2D eigenvalue weighted by Crippen LogP contribution is -2.54. The third-order valence-corrected chi connectivity index (χ3v) is 3.14. The molecule has 0 aliphatic heterocycles. The molecule has 3 N–H and O–H groups in total. The summed E-state index contributed by atoms with van der Waals surface area (Å²) >= 11 is 0. The average Bonchev–Trinajstić information content (AvgIpc) is 2.24. The molecule has 0 aromatic rings. The van der Waals surface area contributed by atoms with Gasteiger partial charge < -0.3 is 20.5 Å². The summed E-state index contributed by atoms with van der Waals surface area (Å²) in [5.41, 5.74) is 0. The number of hydrogen-bond donors (Lipinski definition) is 3. The molecule has 19 heavy (non-hydrogen) atoms. The summed E-state index contributed by atoms with van der Waals surface area (Å²) in [7, 11) is 0. The summed E-state index contributed by atoms with van der Waals surface area (Å²) in [4.78, 5) is 22.7. The Hall–Kier alpha value is -1.30. The molecule has 1 aliphatic rings. The molecule has 0 unspecified atom stereocenters. The standard InChI is InChI=1S/C13H24N2O4/c1-4-19-10-6-9(7-10)14-13(18)15-11(12(16)17)5-8(2)3/h8-11H,4-7H2,1-3H3,(H,16,17)(H2,14,15,18)/t9?,10?,11-/m0/s1. The highest BCUT2D eigenvalue weighted by Crippen LogP contribution is 2.23. The number of hydrogen-bond acceptors (Lipinski definition) is 3. The van der Waals surface area contributed by atoms with Crippen LogP contribution in [0.5, 0.6) is 0 Å². The number of rotatable bonds is 7. The van der Waals surface area contributed by atoms with Crippen molar-refractivity contribution in [1.29, 1.82) is 0 Å². The van der Waals surface area contributed by atoms with Gasteiger partial charge in [-0.05, 0) is 32.1 Å². The van der Waals surface area contributed by atoms with E-state index in [1.165, 1.54) is 0 Å². The van der Waals surface area contributed by atoms with Crippen molar-refractivity contribution in [1.82, 2.24) is 10.6 Å². The SMILES string of the molecule is CCOC1CC(NC(=O)N[C@@H](CC(C)C)C(=O)O)C1. The number of aliphatic carboxylic acids is 1. The third-order valence-electron chi connectivity index (χ3n) is 3.14. The van der Waals surface area contributed by atoms with Crippen LogP contribution in [-0.2, 0) is 9.53 Å². The molecular formula is C13H24N2O4. The lowest BCUT2D eigenvalue weighted by molar-refractivity contribution is -0.139. The van der Waals surface area contributed by atoms with Crippen molar-refractivity contribution in [2.24, 2.45) is 5.92 Å². The van der Waals surface area contributed by atoms with E-state index < -0.39 is 18.0 Å². The van der Waals surface area contributed by atoms with Crippen molar-refractivity contribution < 1.29 is 19.4 Å². The van der Waals surface area contributed by atoms with Gasteiger partial charge in [0.1, 0.15) is 6.04 Å². The minimum Gasteiger partial charge on any atom is -0.480 e. The first-order valence-corrected chi connectivity index (χ1v) is 6.83. The summed E-state index contributed by atoms with van der Waals surface area (Å²) in [6, 6.07) is -1.15. The number of carboxylic acid groups (broad SMARTS) is 1. The van der Waals surface area contributed by atoms with E-state index in [1.54, 1.807) is 0 Å². The molecule has 0 spiro atoms. The Morgan fingerprint density at radius 3 is 2.47 bits per heavy atom. The number of urea groups is 1. The second kappa shape index (κ2) is 7.33. The molecule has 1 atom stereocenters. The summed E-state index contributed by atoms with van der Waals surface area (Å²) in [6.45, 7) is 6.47. The van der Waals surface area contributed by atoms with Crippen LogP contribution in [0.25, 0.3) is 0 Å². The highest BCUT2D eigenvalue weighted by molar-refractivity contribution is 5.82. The van der Waals surface area contributed by atoms with E-state index in [1.807, 2.05) is 20.8 Å². The summed E-state index contributed by atoms with van der Waals surface area (Å²) in [6.07, 6.45) is 2.24. The van der Waals surface area contributed by atoms with Crippen LogP contribution in [0.1, 0.15) is 40.0 Å². The quantitative estimate of drug-likeness (QED) is 0.653. The molecule has 0 aromatic carbocycles. The van der Waals surface area contributed by atoms with Gasteiger partial charge in [-0.2, -0.15) is 0 Å². The first-order valence-electron chi connectivity index (χ1n) is 6.83. The molecule has 2 amide bonds. The number of ether oxygens (including phenoxy) is 1. The fourth-order valence-corrected chi connectivity index (χ4v) is 2.13. The number of nitrogens with one attached hydrogen (secondary N) is 2. The maximum absolute atomic E-state index is 11.7. The Morgan fingerprint density at radius 2 is 2.00 bits per heavy atom. The van der Waals surface area contributed by atoms with Crippen LogP contribution >= 0.6 is 0 Å². The number of carbonyl (C=O) groups is 2. The lowest BCUT2D eigenvalue weighted by atomic mass is 9.89. The first-order chi connectivity index (χ1) is 8.92. The van der Waals surface area contributed by atoms with E-state index in [0.717, 1.165) is 12.8 Å². The van der Waals surface area contributed by atoms with Crippen molar-refractivity contribution in [2.75, 3.05) is 6.61 Å². The topological polar surface area (TPSA) is 87.7 Å². The Bertz CT molecular complexity index is 314. The molecule has 0 bridgehead atoms. The zero-order valence-corrected chi connectivity index (χ0v) is 11.8. The largest absolute Gasteiger partial charge is 0.480 e.